The van der Waals surface area contributed by atoms with Crippen LogP contribution in [0.15, 0.2) is 12.4 Å². The first-order valence-electron chi connectivity index (χ1n) is 5.65. The second-order valence-corrected chi connectivity index (χ2v) is 4.51. The summed E-state index contributed by atoms with van der Waals surface area (Å²) < 4.78 is 2.02. The maximum Gasteiger partial charge on any atom is 0.202 e. The largest absolute Gasteiger partial charge is 0.355 e. The van der Waals surface area contributed by atoms with Crippen LogP contribution in [0.25, 0.3) is 0 Å². The van der Waals surface area contributed by atoms with E-state index >= 15 is 0 Å². The number of anilines is 1. The lowest BCUT2D eigenvalue weighted by molar-refractivity contribution is 0.217. The highest BCUT2D eigenvalue weighted by atomic mass is 15.2. The van der Waals surface area contributed by atoms with Gasteiger partial charge in [-0.3, -0.25) is 0 Å². The third-order valence-corrected chi connectivity index (χ3v) is 3.09. The van der Waals surface area contributed by atoms with Gasteiger partial charge in [0.2, 0.25) is 5.95 Å². The molecule has 1 N–H and O–H groups in total. The number of hydrogen-bond donors (Lipinski definition) is 1. The third kappa shape index (κ3) is 2.72. The molecule has 1 atom stereocenters. The fourth-order valence-corrected chi connectivity index (χ4v) is 2.21. The van der Waals surface area contributed by atoms with E-state index < -0.39 is 0 Å². The van der Waals surface area contributed by atoms with E-state index in [0.717, 1.165) is 18.4 Å². The molecule has 0 aromatic carbocycles. The van der Waals surface area contributed by atoms with Crippen LogP contribution < -0.4 is 5.32 Å². The molecule has 15 heavy (non-hydrogen) atoms. The topological polar surface area (TPSA) is 33.1 Å². The fourth-order valence-electron chi connectivity index (χ4n) is 2.21. The van der Waals surface area contributed by atoms with Gasteiger partial charge in [-0.2, -0.15) is 0 Å². The highest BCUT2D eigenvalue weighted by Gasteiger charge is 2.16. The van der Waals surface area contributed by atoms with Crippen molar-refractivity contribution in [1.82, 2.24) is 14.5 Å². The van der Waals surface area contributed by atoms with Crippen LogP contribution in [0.4, 0.5) is 5.95 Å². The highest BCUT2D eigenvalue weighted by molar-refractivity contribution is 5.25. The first-order chi connectivity index (χ1) is 7.25. The van der Waals surface area contributed by atoms with Crippen molar-refractivity contribution < 1.29 is 0 Å². The molecule has 2 rings (SSSR count). The number of hydrogen-bond acceptors (Lipinski definition) is 3. The van der Waals surface area contributed by atoms with Crippen LogP contribution in [-0.4, -0.2) is 41.1 Å². The van der Waals surface area contributed by atoms with Gasteiger partial charge in [0.15, 0.2) is 0 Å². The molecule has 84 valence electrons. The van der Waals surface area contributed by atoms with Gasteiger partial charge in [0.1, 0.15) is 0 Å². The highest BCUT2D eigenvalue weighted by Crippen LogP contribution is 2.15. The summed E-state index contributed by atoms with van der Waals surface area (Å²) in [6.07, 6.45) is 6.45. The van der Waals surface area contributed by atoms with Crippen molar-refractivity contribution in [3.8, 4) is 0 Å². The van der Waals surface area contributed by atoms with E-state index in [1.165, 1.54) is 25.9 Å². The summed E-state index contributed by atoms with van der Waals surface area (Å²) in [5, 5.41) is 3.41. The second-order valence-electron chi connectivity index (χ2n) is 4.51. The molecule has 4 nitrogen and oxygen atoms in total. The molecule has 1 saturated heterocycles. The Morgan fingerprint density at radius 1 is 1.53 bits per heavy atom. The zero-order chi connectivity index (χ0) is 10.7. The smallest absolute Gasteiger partial charge is 0.202 e. The predicted octanol–water partition coefficient (Wildman–Crippen LogP) is 1.17. The van der Waals surface area contributed by atoms with Crippen molar-refractivity contribution in [2.45, 2.75) is 12.8 Å². The number of aryl methyl sites for hydroxylation is 1. The molecule has 1 aliphatic heterocycles. The number of piperidine rings is 1. The normalized spacial score (nSPS) is 22.9. The first kappa shape index (κ1) is 10.5. The maximum atomic E-state index is 4.26. The Morgan fingerprint density at radius 2 is 2.40 bits per heavy atom. The standard InChI is InChI=1S/C11H20N4/c1-14-6-3-4-10(9-14)8-13-11-12-5-7-15(11)2/h5,7,10H,3-4,6,8-9H2,1-2H3,(H,12,13). The molecular formula is C11H20N4. The van der Waals surface area contributed by atoms with E-state index in [9.17, 15) is 0 Å². The van der Waals surface area contributed by atoms with Gasteiger partial charge in [0.25, 0.3) is 0 Å². The van der Waals surface area contributed by atoms with E-state index in [0.29, 0.717) is 0 Å². The molecule has 0 spiro atoms. The summed E-state index contributed by atoms with van der Waals surface area (Å²) in [4.78, 5) is 6.67. The Morgan fingerprint density at radius 3 is 3.07 bits per heavy atom. The Labute approximate surface area is 91.3 Å². The van der Waals surface area contributed by atoms with Gasteiger partial charge in [-0.15, -0.1) is 0 Å². The number of aromatic nitrogens is 2. The van der Waals surface area contributed by atoms with Crippen LogP contribution in [0.5, 0.6) is 0 Å². The summed E-state index contributed by atoms with van der Waals surface area (Å²) >= 11 is 0. The lowest BCUT2D eigenvalue weighted by Crippen LogP contribution is -2.35. The van der Waals surface area contributed by atoms with Crippen molar-refractivity contribution in [1.29, 1.82) is 0 Å². The van der Waals surface area contributed by atoms with Crippen LogP contribution in [-0.2, 0) is 7.05 Å². The minimum Gasteiger partial charge on any atom is -0.355 e. The van der Waals surface area contributed by atoms with Gasteiger partial charge in [-0.1, -0.05) is 0 Å². The van der Waals surface area contributed by atoms with Crippen molar-refractivity contribution in [2.75, 3.05) is 32.0 Å². The van der Waals surface area contributed by atoms with Crippen LogP contribution in [0.2, 0.25) is 0 Å². The fraction of sp³-hybridized carbons (Fsp3) is 0.727. The monoisotopic (exact) mass is 208 g/mol. The molecule has 0 saturated carbocycles. The second kappa shape index (κ2) is 4.66. The molecule has 1 aliphatic rings. The Hall–Kier alpha value is -1.03. The summed E-state index contributed by atoms with van der Waals surface area (Å²) in [5.41, 5.74) is 0. The quantitative estimate of drug-likeness (QED) is 0.809. The minimum absolute atomic E-state index is 0.764. The van der Waals surface area contributed by atoms with E-state index in [1.807, 2.05) is 24.0 Å². The van der Waals surface area contributed by atoms with Gasteiger partial charge in [-0.25, -0.2) is 4.98 Å². The summed E-state index contributed by atoms with van der Waals surface area (Å²) in [5.74, 6) is 1.74. The molecule has 0 radical (unpaired) electrons. The molecule has 1 fully saturated rings. The summed E-state index contributed by atoms with van der Waals surface area (Å²) in [7, 11) is 4.22. The zero-order valence-corrected chi connectivity index (χ0v) is 9.61. The minimum atomic E-state index is 0.764. The van der Waals surface area contributed by atoms with Gasteiger partial charge in [-0.05, 0) is 32.4 Å². The van der Waals surface area contributed by atoms with Crippen molar-refractivity contribution >= 4 is 5.95 Å². The maximum absolute atomic E-state index is 4.26. The van der Waals surface area contributed by atoms with Gasteiger partial charge >= 0.3 is 0 Å². The van der Waals surface area contributed by atoms with E-state index in [1.54, 1.807) is 0 Å². The first-order valence-corrected chi connectivity index (χ1v) is 5.65. The zero-order valence-electron chi connectivity index (χ0n) is 9.61. The number of nitrogens with one attached hydrogen (secondary N) is 1. The Bertz CT molecular complexity index is 307. The molecular weight excluding hydrogens is 188 g/mol. The molecule has 1 aromatic rings. The Kier molecular flexibility index (Phi) is 3.26. The van der Waals surface area contributed by atoms with Gasteiger partial charge < -0.3 is 14.8 Å². The number of rotatable bonds is 3. The number of nitrogens with zero attached hydrogens (tertiary/aromatic N) is 3. The van der Waals surface area contributed by atoms with Crippen LogP contribution in [0, 0.1) is 5.92 Å². The molecule has 2 heterocycles. The van der Waals surface area contributed by atoms with Crippen molar-refractivity contribution in [3.63, 3.8) is 0 Å². The number of imidazole rings is 1. The van der Waals surface area contributed by atoms with Crippen LogP contribution >= 0.6 is 0 Å². The molecule has 0 aliphatic carbocycles. The predicted molar refractivity (Wildman–Crippen MR) is 61.9 cm³/mol. The third-order valence-electron chi connectivity index (χ3n) is 3.09. The average Bonchev–Trinajstić information content (AvgIpc) is 2.61. The molecule has 0 amide bonds. The molecule has 1 unspecified atom stereocenters. The molecule has 1 aromatic heterocycles. The SMILES string of the molecule is CN1CCCC(CNc2nccn2C)C1. The van der Waals surface area contributed by atoms with Gasteiger partial charge in [0.05, 0.1) is 0 Å². The average molecular weight is 208 g/mol. The van der Waals surface area contributed by atoms with E-state index in [2.05, 4.69) is 22.2 Å². The summed E-state index contributed by atoms with van der Waals surface area (Å²) in [6, 6.07) is 0. The van der Waals surface area contributed by atoms with Crippen LogP contribution in [0.3, 0.4) is 0 Å². The molecule has 4 heteroatoms. The molecule has 0 bridgehead atoms. The van der Waals surface area contributed by atoms with E-state index in [-0.39, 0.29) is 0 Å². The number of likely N-dealkylation sites (tertiary alicyclic amines) is 1. The van der Waals surface area contributed by atoms with Gasteiger partial charge in [0, 0.05) is 32.5 Å². The lowest BCUT2D eigenvalue weighted by atomic mass is 9.99. The summed E-state index contributed by atoms with van der Waals surface area (Å²) in [6.45, 7) is 3.49. The Balaban J connectivity index is 1.80. The van der Waals surface area contributed by atoms with E-state index in [4.69, 9.17) is 0 Å². The van der Waals surface area contributed by atoms with Crippen LogP contribution in [0.1, 0.15) is 12.8 Å². The van der Waals surface area contributed by atoms with Crippen molar-refractivity contribution in [3.05, 3.63) is 12.4 Å². The lowest BCUT2D eigenvalue weighted by Gasteiger charge is -2.29. The van der Waals surface area contributed by atoms with Crippen molar-refractivity contribution in [2.24, 2.45) is 13.0 Å².